The van der Waals surface area contributed by atoms with Gasteiger partial charge >= 0.3 is 0 Å². The summed E-state index contributed by atoms with van der Waals surface area (Å²) in [6.07, 6.45) is 10.3. The quantitative estimate of drug-likeness (QED) is 0.360. The summed E-state index contributed by atoms with van der Waals surface area (Å²) in [6.45, 7) is 13.8. The highest BCUT2D eigenvalue weighted by atomic mass is 35.5. The molecule has 38 heavy (non-hydrogen) atoms. The highest BCUT2D eigenvalue weighted by Crippen LogP contribution is 2.69. The molecule has 1 spiro atoms. The Labute approximate surface area is 233 Å². The molecule has 1 saturated heterocycles. The van der Waals surface area contributed by atoms with E-state index in [2.05, 4.69) is 27.4 Å². The van der Waals surface area contributed by atoms with Gasteiger partial charge in [-0.25, -0.2) is 9.78 Å². The molecule has 0 radical (unpaired) electrons. The van der Waals surface area contributed by atoms with Crippen LogP contribution in [0.5, 0.6) is 0 Å². The Kier molecular flexibility index (Phi) is 6.90. The number of carbonyl (C=O) groups is 1. The fourth-order valence-electron chi connectivity index (χ4n) is 9.98. The van der Waals surface area contributed by atoms with Crippen molar-refractivity contribution in [1.82, 2.24) is 0 Å². The standard InChI is InChI=1S/C33H45ClO4/c1-20(22(3)35)27-12-13-28-26-11-8-24-18-33(17-16-31(24,4)29(26)14-15-32(27,28)5)36-19-30(37-38-33)21(2)23-6-9-25(34)10-7-23/h6-7,9-10,20,24,26-30H,2,8,11-19H2,1,3-5H3/t20-,24-,26+,27-,28+,29+,30?,31+,32-,33?/m1/s1. The van der Waals surface area contributed by atoms with Gasteiger partial charge in [-0.05, 0) is 116 Å². The molecule has 10 atom stereocenters. The van der Waals surface area contributed by atoms with Crippen molar-refractivity contribution in [2.24, 2.45) is 46.3 Å². The average Bonchev–Trinajstić information content (AvgIpc) is 3.26. The number of ketones is 1. The molecule has 0 bridgehead atoms. The molecule has 1 aromatic carbocycles. The number of hydrogen-bond donors (Lipinski definition) is 0. The second kappa shape index (κ2) is 9.72. The zero-order chi connectivity index (χ0) is 26.9. The summed E-state index contributed by atoms with van der Waals surface area (Å²) in [5, 5.41) is 0.707. The first kappa shape index (κ1) is 27.0. The number of benzene rings is 1. The SMILES string of the molecule is C=C(c1ccc(Cl)cc1)C1COC2(CC[C@@]3(C)[C@H](CC[C@@H]4[C@@H]3CC[C@]3(C)[C@@H]([C@H](C)C(C)=O)CC[C@@H]43)C2)OO1. The maximum Gasteiger partial charge on any atom is 0.202 e. The monoisotopic (exact) mass is 540 g/mol. The van der Waals surface area contributed by atoms with Crippen LogP contribution >= 0.6 is 11.6 Å². The first-order valence-electron chi connectivity index (χ1n) is 15.0. The molecule has 0 aromatic heterocycles. The van der Waals surface area contributed by atoms with Gasteiger partial charge in [-0.3, -0.25) is 4.79 Å². The number of halogens is 1. The molecule has 1 heterocycles. The van der Waals surface area contributed by atoms with E-state index < -0.39 is 5.79 Å². The molecular formula is C33H45ClO4. The van der Waals surface area contributed by atoms with Gasteiger partial charge < -0.3 is 4.74 Å². The molecule has 2 unspecified atom stereocenters. The lowest BCUT2D eigenvalue weighted by molar-refractivity contribution is -0.489. The number of carbonyl (C=O) groups excluding carboxylic acids is 1. The van der Waals surface area contributed by atoms with E-state index in [0.717, 1.165) is 48.2 Å². The maximum absolute atomic E-state index is 12.3. The van der Waals surface area contributed by atoms with Gasteiger partial charge in [0.25, 0.3) is 0 Å². The minimum Gasteiger partial charge on any atom is -0.344 e. The van der Waals surface area contributed by atoms with Crippen molar-refractivity contribution < 1.29 is 19.3 Å². The zero-order valence-corrected chi connectivity index (χ0v) is 24.4. The van der Waals surface area contributed by atoms with Crippen LogP contribution in [-0.4, -0.2) is 24.3 Å². The average molecular weight is 541 g/mol. The van der Waals surface area contributed by atoms with Crippen molar-refractivity contribution in [3.63, 3.8) is 0 Å². The summed E-state index contributed by atoms with van der Waals surface area (Å²) < 4.78 is 6.50. The number of rotatable bonds is 4. The predicted molar refractivity (Wildman–Crippen MR) is 150 cm³/mol. The third kappa shape index (κ3) is 4.24. The van der Waals surface area contributed by atoms with E-state index in [0.29, 0.717) is 40.1 Å². The molecule has 0 amide bonds. The van der Waals surface area contributed by atoms with Gasteiger partial charge in [0.2, 0.25) is 5.79 Å². The molecule has 4 aliphatic carbocycles. The number of ether oxygens (including phenoxy) is 1. The Hall–Kier alpha value is -1.20. The minimum atomic E-state index is -0.633. The second-order valence-corrected chi connectivity index (χ2v) is 14.3. The zero-order valence-electron chi connectivity index (χ0n) is 23.6. The molecular weight excluding hydrogens is 496 g/mol. The largest absolute Gasteiger partial charge is 0.344 e. The first-order valence-corrected chi connectivity index (χ1v) is 15.4. The molecule has 0 N–H and O–H groups in total. The van der Waals surface area contributed by atoms with Gasteiger partial charge in [0, 0.05) is 23.8 Å². The van der Waals surface area contributed by atoms with E-state index in [1.165, 1.54) is 38.5 Å². The van der Waals surface area contributed by atoms with E-state index in [1.807, 2.05) is 24.3 Å². The summed E-state index contributed by atoms with van der Waals surface area (Å²) in [5.74, 6) is 3.43. The van der Waals surface area contributed by atoms with Crippen molar-refractivity contribution in [2.45, 2.75) is 97.4 Å². The molecule has 4 saturated carbocycles. The summed E-state index contributed by atoms with van der Waals surface area (Å²) in [7, 11) is 0. The van der Waals surface area contributed by atoms with E-state index in [1.54, 1.807) is 6.92 Å². The van der Waals surface area contributed by atoms with E-state index in [9.17, 15) is 4.79 Å². The van der Waals surface area contributed by atoms with Crippen molar-refractivity contribution >= 4 is 23.0 Å². The van der Waals surface area contributed by atoms with Crippen molar-refractivity contribution in [3.05, 3.63) is 41.4 Å². The molecule has 6 rings (SSSR count). The Balaban J connectivity index is 1.12. The number of Topliss-reactive ketones (excluding diaryl/α,β-unsaturated/α-hetero) is 1. The summed E-state index contributed by atoms with van der Waals surface area (Å²) in [6, 6.07) is 7.67. The highest BCUT2D eigenvalue weighted by Gasteiger charge is 2.63. The van der Waals surface area contributed by atoms with Crippen LogP contribution in [0.15, 0.2) is 30.8 Å². The first-order chi connectivity index (χ1) is 18.1. The lowest BCUT2D eigenvalue weighted by atomic mass is 9.44. The van der Waals surface area contributed by atoms with E-state index in [-0.39, 0.29) is 12.0 Å². The van der Waals surface area contributed by atoms with Crippen molar-refractivity contribution in [1.29, 1.82) is 0 Å². The lowest BCUT2D eigenvalue weighted by Gasteiger charge is -2.62. The van der Waals surface area contributed by atoms with Gasteiger partial charge in [-0.1, -0.05) is 51.1 Å². The summed E-state index contributed by atoms with van der Waals surface area (Å²) in [5.41, 5.74) is 2.51. The van der Waals surface area contributed by atoms with Gasteiger partial charge in [0.1, 0.15) is 11.9 Å². The number of fused-ring (bicyclic) bond motifs is 5. The summed E-state index contributed by atoms with van der Waals surface area (Å²) in [4.78, 5) is 24.4. The van der Waals surface area contributed by atoms with Crippen LogP contribution in [0, 0.1) is 46.3 Å². The Morgan fingerprint density at radius 2 is 1.74 bits per heavy atom. The van der Waals surface area contributed by atoms with E-state index in [4.69, 9.17) is 26.1 Å². The molecule has 4 nitrogen and oxygen atoms in total. The van der Waals surface area contributed by atoms with Crippen LogP contribution in [0.25, 0.3) is 5.57 Å². The van der Waals surface area contributed by atoms with Crippen LogP contribution in [0.1, 0.15) is 91.0 Å². The van der Waals surface area contributed by atoms with Crippen molar-refractivity contribution in [3.8, 4) is 0 Å². The molecule has 1 aromatic rings. The van der Waals surface area contributed by atoms with Gasteiger partial charge in [0.15, 0.2) is 0 Å². The van der Waals surface area contributed by atoms with Crippen LogP contribution in [0.2, 0.25) is 5.02 Å². The number of hydrogen-bond acceptors (Lipinski definition) is 4. The smallest absolute Gasteiger partial charge is 0.202 e. The van der Waals surface area contributed by atoms with Crippen LogP contribution in [0.3, 0.4) is 0 Å². The Morgan fingerprint density at radius 1 is 1.00 bits per heavy atom. The van der Waals surface area contributed by atoms with Crippen LogP contribution < -0.4 is 0 Å². The Bertz CT molecular complexity index is 1070. The third-order valence-electron chi connectivity index (χ3n) is 12.4. The molecule has 5 aliphatic rings. The van der Waals surface area contributed by atoms with E-state index >= 15 is 0 Å². The normalized spacial score (nSPS) is 45.1. The molecule has 208 valence electrons. The molecule has 1 aliphatic heterocycles. The second-order valence-electron chi connectivity index (χ2n) is 13.9. The minimum absolute atomic E-state index is 0.197. The topological polar surface area (TPSA) is 44.8 Å². The molecule has 5 heteroatoms. The van der Waals surface area contributed by atoms with Crippen molar-refractivity contribution in [2.75, 3.05) is 6.61 Å². The fraction of sp³-hybridized carbons (Fsp3) is 0.727. The lowest BCUT2D eigenvalue weighted by Crippen LogP contribution is -2.58. The third-order valence-corrected chi connectivity index (χ3v) is 12.7. The van der Waals surface area contributed by atoms with Gasteiger partial charge in [0.05, 0.1) is 6.61 Å². The van der Waals surface area contributed by atoms with Crippen LogP contribution in [-0.2, 0) is 19.3 Å². The Morgan fingerprint density at radius 3 is 2.42 bits per heavy atom. The predicted octanol–water partition coefficient (Wildman–Crippen LogP) is 8.28. The molecule has 5 fully saturated rings. The van der Waals surface area contributed by atoms with Crippen LogP contribution in [0.4, 0.5) is 0 Å². The fourth-order valence-corrected chi connectivity index (χ4v) is 10.1. The maximum atomic E-state index is 12.3. The summed E-state index contributed by atoms with van der Waals surface area (Å²) >= 11 is 6.05. The van der Waals surface area contributed by atoms with Gasteiger partial charge in [-0.2, -0.15) is 0 Å². The highest BCUT2D eigenvalue weighted by molar-refractivity contribution is 6.30. The van der Waals surface area contributed by atoms with Gasteiger partial charge in [-0.15, -0.1) is 0 Å².